The van der Waals surface area contributed by atoms with Crippen molar-refractivity contribution in [2.45, 2.75) is 6.54 Å². The highest BCUT2D eigenvalue weighted by Gasteiger charge is 2.33. The molecule has 0 saturated heterocycles. The van der Waals surface area contributed by atoms with E-state index in [9.17, 15) is 14.4 Å². The summed E-state index contributed by atoms with van der Waals surface area (Å²) in [6.07, 6.45) is 1.87. The van der Waals surface area contributed by atoms with Crippen molar-refractivity contribution in [1.29, 1.82) is 0 Å². The van der Waals surface area contributed by atoms with E-state index in [1.54, 1.807) is 6.07 Å². The third-order valence-corrected chi connectivity index (χ3v) is 5.12. The van der Waals surface area contributed by atoms with Gasteiger partial charge >= 0.3 is 5.97 Å². The molecule has 150 valence electrons. The number of aromatic nitrogens is 1. The largest absolute Gasteiger partial charge is 0.464 e. The Balaban J connectivity index is 1.62. The van der Waals surface area contributed by atoms with Gasteiger partial charge in [0.2, 0.25) is 0 Å². The van der Waals surface area contributed by atoms with Crippen LogP contribution in [0.1, 0.15) is 15.9 Å². The van der Waals surface area contributed by atoms with Gasteiger partial charge in [-0.25, -0.2) is 4.79 Å². The smallest absolute Gasteiger partial charge is 0.353 e. The van der Waals surface area contributed by atoms with Crippen LogP contribution in [0.3, 0.4) is 0 Å². The molecular weight excluding hydrogens is 382 g/mol. The summed E-state index contributed by atoms with van der Waals surface area (Å²) in [5, 5.41) is 3.41. The maximum atomic E-state index is 12.9. The van der Waals surface area contributed by atoms with Gasteiger partial charge in [-0.1, -0.05) is 37.4 Å². The van der Waals surface area contributed by atoms with Gasteiger partial charge in [0.25, 0.3) is 11.8 Å². The number of nitrogens with one attached hydrogen (secondary N) is 2. The molecule has 0 fully saturated rings. The number of carbonyl (C=O) groups excluding carboxylic acids is 3. The number of fused-ring (bicyclic) bond motifs is 2. The number of carbonyl (C=O) groups is 3. The van der Waals surface area contributed by atoms with Crippen molar-refractivity contribution in [3.8, 4) is 11.1 Å². The molecule has 1 aliphatic heterocycles. The Kier molecular flexibility index (Phi) is 4.71. The Labute approximate surface area is 172 Å². The highest BCUT2D eigenvalue weighted by Crippen LogP contribution is 2.35. The zero-order valence-electron chi connectivity index (χ0n) is 16.3. The fraction of sp³-hybridized carbons (Fsp3) is 0.0870. The van der Waals surface area contributed by atoms with Gasteiger partial charge in [-0.05, 0) is 40.3 Å². The first-order valence-electron chi connectivity index (χ1n) is 9.19. The van der Waals surface area contributed by atoms with Crippen LogP contribution in [-0.2, 0) is 20.9 Å². The number of methoxy groups -OCH3 is 1. The summed E-state index contributed by atoms with van der Waals surface area (Å²) < 4.78 is 4.51. The topological polar surface area (TPSA) is 91.5 Å². The molecule has 7 heteroatoms. The third-order valence-electron chi connectivity index (χ3n) is 5.12. The molecule has 2 heterocycles. The standard InChI is InChI=1S/C23H19N3O4/c1-13(23(29)30-3)25-21(27)14(2)26-12-19-17(5-4-6-18(19)22(26)28)16-8-7-15-9-10-24-20(15)11-16/h4-11,24H,1-2,12H2,3H3,(H,25,27). The van der Waals surface area contributed by atoms with Crippen molar-refractivity contribution < 1.29 is 19.1 Å². The second-order valence-corrected chi connectivity index (χ2v) is 6.87. The quantitative estimate of drug-likeness (QED) is 0.508. The van der Waals surface area contributed by atoms with Crippen molar-refractivity contribution in [2.24, 2.45) is 0 Å². The van der Waals surface area contributed by atoms with E-state index in [4.69, 9.17) is 0 Å². The van der Waals surface area contributed by atoms with Gasteiger partial charge in [0.15, 0.2) is 0 Å². The number of hydrogen-bond donors (Lipinski definition) is 2. The Morgan fingerprint density at radius 3 is 2.67 bits per heavy atom. The molecule has 0 radical (unpaired) electrons. The lowest BCUT2D eigenvalue weighted by molar-refractivity contribution is -0.137. The van der Waals surface area contributed by atoms with E-state index in [0.29, 0.717) is 5.56 Å². The average molecular weight is 401 g/mol. The van der Waals surface area contributed by atoms with Crippen LogP contribution in [0.5, 0.6) is 0 Å². The summed E-state index contributed by atoms with van der Waals surface area (Å²) in [7, 11) is 1.18. The van der Waals surface area contributed by atoms with Crippen LogP contribution in [0, 0.1) is 0 Å². The molecule has 1 aromatic heterocycles. The summed E-state index contributed by atoms with van der Waals surface area (Å²) in [6, 6.07) is 13.5. The normalized spacial score (nSPS) is 12.6. The minimum absolute atomic E-state index is 0.0768. The molecule has 0 unspecified atom stereocenters. The molecule has 2 N–H and O–H groups in total. The lowest BCUT2D eigenvalue weighted by Crippen LogP contribution is -2.36. The molecular formula is C23H19N3O4. The fourth-order valence-electron chi connectivity index (χ4n) is 3.54. The van der Waals surface area contributed by atoms with Gasteiger partial charge in [-0.15, -0.1) is 0 Å². The molecule has 4 rings (SSSR count). The highest BCUT2D eigenvalue weighted by atomic mass is 16.5. The predicted octanol–water partition coefficient (Wildman–Crippen LogP) is 3.11. The summed E-state index contributed by atoms with van der Waals surface area (Å²) >= 11 is 0. The van der Waals surface area contributed by atoms with E-state index in [0.717, 1.165) is 27.6 Å². The Morgan fingerprint density at radius 1 is 1.13 bits per heavy atom. The number of benzene rings is 2. The van der Waals surface area contributed by atoms with Crippen molar-refractivity contribution in [2.75, 3.05) is 7.11 Å². The van der Waals surface area contributed by atoms with Crippen LogP contribution in [0.25, 0.3) is 22.0 Å². The van der Waals surface area contributed by atoms with Gasteiger partial charge in [-0.3, -0.25) is 14.5 Å². The molecule has 1 aliphatic rings. The minimum atomic E-state index is -0.769. The summed E-state index contributed by atoms with van der Waals surface area (Å²) in [6.45, 7) is 7.39. The summed E-state index contributed by atoms with van der Waals surface area (Å²) in [5.41, 5.74) is 3.89. The van der Waals surface area contributed by atoms with Crippen molar-refractivity contribution in [3.05, 3.63) is 84.3 Å². The molecule has 0 aliphatic carbocycles. The predicted molar refractivity (Wildman–Crippen MR) is 112 cm³/mol. The Hall–Kier alpha value is -4.13. The van der Waals surface area contributed by atoms with Gasteiger partial charge in [0.05, 0.1) is 13.7 Å². The SMILES string of the molecule is C=C(NC(=O)C(=C)N1Cc2c(cccc2-c2ccc3cc[nH]c3c2)C1=O)C(=O)OC. The van der Waals surface area contributed by atoms with Gasteiger partial charge in [0, 0.05) is 17.3 Å². The van der Waals surface area contributed by atoms with E-state index in [2.05, 4.69) is 28.2 Å². The van der Waals surface area contributed by atoms with E-state index in [1.807, 2.05) is 42.6 Å². The number of hydrogen-bond acceptors (Lipinski definition) is 4. The molecule has 0 atom stereocenters. The van der Waals surface area contributed by atoms with Crippen LogP contribution in [0.2, 0.25) is 0 Å². The molecule has 2 amide bonds. The maximum absolute atomic E-state index is 12.9. The minimum Gasteiger partial charge on any atom is -0.464 e. The molecule has 2 aromatic carbocycles. The second kappa shape index (κ2) is 7.36. The first-order chi connectivity index (χ1) is 14.4. The van der Waals surface area contributed by atoms with E-state index in [-0.39, 0.29) is 23.8 Å². The maximum Gasteiger partial charge on any atom is 0.353 e. The highest BCUT2D eigenvalue weighted by molar-refractivity contribution is 6.08. The number of nitrogens with zero attached hydrogens (tertiary/aromatic N) is 1. The van der Waals surface area contributed by atoms with E-state index >= 15 is 0 Å². The van der Waals surface area contributed by atoms with Crippen molar-refractivity contribution in [3.63, 3.8) is 0 Å². The molecule has 0 bridgehead atoms. The van der Waals surface area contributed by atoms with Crippen LogP contribution in [0.15, 0.2) is 73.2 Å². The molecule has 0 spiro atoms. The van der Waals surface area contributed by atoms with Crippen LogP contribution in [-0.4, -0.2) is 34.8 Å². The van der Waals surface area contributed by atoms with Crippen LogP contribution >= 0.6 is 0 Å². The number of esters is 1. The fourth-order valence-corrected chi connectivity index (χ4v) is 3.54. The molecule has 7 nitrogen and oxygen atoms in total. The zero-order chi connectivity index (χ0) is 21.4. The Bertz CT molecular complexity index is 1240. The Morgan fingerprint density at radius 2 is 1.90 bits per heavy atom. The zero-order valence-corrected chi connectivity index (χ0v) is 16.3. The van der Waals surface area contributed by atoms with Gasteiger partial charge in [0.1, 0.15) is 11.4 Å². The number of H-pyrrole nitrogens is 1. The monoisotopic (exact) mass is 401 g/mol. The number of rotatable bonds is 5. The third kappa shape index (κ3) is 3.16. The summed E-state index contributed by atoms with van der Waals surface area (Å²) in [5.74, 6) is -1.79. The van der Waals surface area contributed by atoms with Crippen molar-refractivity contribution >= 4 is 28.7 Å². The number of ether oxygens (including phenoxy) is 1. The lowest BCUT2D eigenvalue weighted by Gasteiger charge is -2.18. The summed E-state index contributed by atoms with van der Waals surface area (Å²) in [4.78, 5) is 41.3. The second-order valence-electron chi connectivity index (χ2n) is 6.87. The van der Waals surface area contributed by atoms with Crippen molar-refractivity contribution in [1.82, 2.24) is 15.2 Å². The molecule has 30 heavy (non-hydrogen) atoms. The van der Waals surface area contributed by atoms with E-state index in [1.165, 1.54) is 12.0 Å². The molecule has 3 aromatic rings. The average Bonchev–Trinajstić information content (AvgIpc) is 3.36. The number of aromatic amines is 1. The lowest BCUT2D eigenvalue weighted by atomic mass is 9.96. The van der Waals surface area contributed by atoms with Crippen LogP contribution < -0.4 is 5.32 Å². The first kappa shape index (κ1) is 19.2. The van der Waals surface area contributed by atoms with Gasteiger partial charge in [-0.2, -0.15) is 0 Å². The van der Waals surface area contributed by atoms with E-state index < -0.39 is 11.9 Å². The van der Waals surface area contributed by atoms with Crippen LogP contribution in [0.4, 0.5) is 0 Å². The molecule has 0 saturated carbocycles. The van der Waals surface area contributed by atoms with Gasteiger partial charge < -0.3 is 15.0 Å². The number of amides is 2. The first-order valence-corrected chi connectivity index (χ1v) is 9.19.